The van der Waals surface area contributed by atoms with Gasteiger partial charge >= 0.3 is 25.7 Å². The van der Waals surface area contributed by atoms with Crippen LogP contribution >= 0.6 is 7.82 Å². The summed E-state index contributed by atoms with van der Waals surface area (Å²) in [4.78, 5) is 48.2. The van der Waals surface area contributed by atoms with E-state index in [9.17, 15) is 28.9 Å². The number of phosphoric acid groups is 1. The zero-order valence-corrected chi connectivity index (χ0v) is 43.1. The normalized spacial score (nSPS) is 13.8. The number of hydrogen-bond donors (Lipinski definition) is 2. The molecule has 0 spiro atoms. The number of carbonyl (C=O) groups excluding carboxylic acids is 3. The molecule has 3 atom stereocenters. The molecule has 12 heteroatoms. The lowest BCUT2D eigenvalue weighted by Gasteiger charge is -2.21. The molecule has 3 unspecified atom stereocenters. The average Bonchev–Trinajstić information content (AvgIpc) is 3.30. The number of phosphoric ester groups is 1. The number of aliphatic hydroxyl groups excluding tert-OH is 1. The Morgan fingerprint density at radius 3 is 1.21 bits per heavy atom. The smallest absolute Gasteiger partial charge is 0.462 e. The highest BCUT2D eigenvalue weighted by atomic mass is 31.2. The van der Waals surface area contributed by atoms with Gasteiger partial charge in [-0.05, 0) is 57.8 Å². The summed E-state index contributed by atoms with van der Waals surface area (Å²) < 4.78 is 39.3. The lowest BCUT2D eigenvalue weighted by atomic mass is 10.1. The van der Waals surface area contributed by atoms with Crippen molar-refractivity contribution in [2.24, 2.45) is 0 Å². The van der Waals surface area contributed by atoms with E-state index in [1.165, 1.54) is 77.0 Å². The Hall–Kier alpha value is -2.56. The monoisotopic (exact) mass is 953 g/mol. The first-order chi connectivity index (χ1) is 32.2. The van der Waals surface area contributed by atoms with Crippen LogP contribution in [0.5, 0.6) is 0 Å². The van der Waals surface area contributed by atoms with Crippen LogP contribution in [0.4, 0.5) is 0 Å². The molecule has 0 aliphatic heterocycles. The summed E-state index contributed by atoms with van der Waals surface area (Å²) in [6.45, 7) is 4.49. The van der Waals surface area contributed by atoms with E-state index in [2.05, 4.69) is 69.4 Å². The zero-order valence-electron chi connectivity index (χ0n) is 42.2. The van der Waals surface area contributed by atoms with Gasteiger partial charge in [0.05, 0.1) is 19.8 Å². The van der Waals surface area contributed by atoms with Crippen molar-refractivity contribution in [3.63, 3.8) is 0 Å². The van der Waals surface area contributed by atoms with E-state index in [0.717, 1.165) is 103 Å². The van der Waals surface area contributed by atoms with Gasteiger partial charge < -0.3 is 24.2 Å². The van der Waals surface area contributed by atoms with Gasteiger partial charge in [0.1, 0.15) is 12.7 Å². The van der Waals surface area contributed by atoms with Crippen molar-refractivity contribution in [2.45, 2.75) is 251 Å². The summed E-state index contributed by atoms with van der Waals surface area (Å²) in [5.41, 5.74) is 0. The summed E-state index contributed by atoms with van der Waals surface area (Å²) in [5.74, 6) is -1.47. The van der Waals surface area contributed by atoms with Crippen LogP contribution in [0.3, 0.4) is 0 Å². The topological polar surface area (TPSA) is 155 Å². The molecule has 0 fully saturated rings. The Balaban J connectivity index is 4.69. The van der Waals surface area contributed by atoms with E-state index in [0.29, 0.717) is 19.3 Å². The molecule has 0 aromatic rings. The second-order valence-electron chi connectivity index (χ2n) is 17.7. The van der Waals surface area contributed by atoms with E-state index in [-0.39, 0.29) is 25.9 Å². The van der Waals surface area contributed by atoms with Crippen molar-refractivity contribution in [3.05, 3.63) is 48.6 Å². The summed E-state index contributed by atoms with van der Waals surface area (Å²) in [5, 5.41) is 9.76. The molecule has 0 heterocycles. The number of hydrogen-bond acceptors (Lipinski definition) is 10. The third-order valence-electron chi connectivity index (χ3n) is 11.3. The molecule has 11 nitrogen and oxygen atoms in total. The highest BCUT2D eigenvalue weighted by Gasteiger charge is 2.28. The van der Waals surface area contributed by atoms with Gasteiger partial charge in [0, 0.05) is 19.3 Å². The van der Waals surface area contributed by atoms with Crippen LogP contribution in [0.15, 0.2) is 48.6 Å². The maximum absolute atomic E-state index is 12.8. The minimum absolute atomic E-state index is 0.154. The molecule has 0 radical (unpaired) electrons. The quantitative estimate of drug-likeness (QED) is 0.0197. The Morgan fingerprint density at radius 2 is 0.788 bits per heavy atom. The summed E-state index contributed by atoms with van der Waals surface area (Å²) >= 11 is 0. The van der Waals surface area contributed by atoms with E-state index < -0.39 is 57.8 Å². The lowest BCUT2D eigenvalue weighted by molar-refractivity contribution is -0.161. The SMILES string of the molecule is CC/C=C\C/C=C\C/C=C\C/C=C\CCCCCCCCC(=O)OC(COC(=O)CCCCCCCCCCC)COP(=O)(O)OCC(CO)OC(=O)CCCCCCCCCCCCC. The summed E-state index contributed by atoms with van der Waals surface area (Å²) in [7, 11) is -4.74. The molecule has 0 rings (SSSR count). The van der Waals surface area contributed by atoms with Gasteiger partial charge in [0.25, 0.3) is 0 Å². The van der Waals surface area contributed by atoms with E-state index in [1.54, 1.807) is 0 Å². The first-order valence-electron chi connectivity index (χ1n) is 26.5. The van der Waals surface area contributed by atoms with Crippen LogP contribution in [0.25, 0.3) is 0 Å². The maximum Gasteiger partial charge on any atom is 0.472 e. The van der Waals surface area contributed by atoms with Gasteiger partial charge in [-0.3, -0.25) is 23.4 Å². The Kier molecular flexibility index (Phi) is 47.0. The fraction of sp³-hybridized carbons (Fsp3) is 0.796. The van der Waals surface area contributed by atoms with Crippen molar-refractivity contribution in [1.82, 2.24) is 0 Å². The fourth-order valence-electron chi connectivity index (χ4n) is 7.23. The molecular weight excluding hydrogens is 856 g/mol. The molecule has 0 aromatic carbocycles. The van der Waals surface area contributed by atoms with Gasteiger partial charge in [-0.1, -0.05) is 211 Å². The van der Waals surface area contributed by atoms with Crippen LogP contribution in [-0.4, -0.2) is 66.5 Å². The van der Waals surface area contributed by atoms with Crippen molar-refractivity contribution in [2.75, 3.05) is 26.4 Å². The third kappa shape index (κ3) is 46.5. The lowest BCUT2D eigenvalue weighted by Crippen LogP contribution is -2.30. The molecule has 0 aliphatic carbocycles. The molecule has 384 valence electrons. The van der Waals surface area contributed by atoms with Crippen LogP contribution in [0.2, 0.25) is 0 Å². The van der Waals surface area contributed by atoms with Gasteiger partial charge in [-0.2, -0.15) is 0 Å². The van der Waals surface area contributed by atoms with Gasteiger partial charge in [-0.15, -0.1) is 0 Å². The van der Waals surface area contributed by atoms with Gasteiger partial charge in [0.2, 0.25) is 0 Å². The van der Waals surface area contributed by atoms with Crippen molar-refractivity contribution < 1.29 is 52.2 Å². The van der Waals surface area contributed by atoms with E-state index in [4.69, 9.17) is 23.3 Å². The number of esters is 3. The molecule has 0 saturated carbocycles. The summed E-state index contributed by atoms with van der Waals surface area (Å²) in [6, 6.07) is 0. The predicted octanol–water partition coefficient (Wildman–Crippen LogP) is 15.0. The molecule has 0 aliphatic rings. The molecule has 0 saturated heterocycles. The van der Waals surface area contributed by atoms with Crippen LogP contribution < -0.4 is 0 Å². The molecule has 2 N–H and O–H groups in total. The van der Waals surface area contributed by atoms with Crippen molar-refractivity contribution in [1.29, 1.82) is 0 Å². The van der Waals surface area contributed by atoms with Gasteiger partial charge in [0.15, 0.2) is 6.10 Å². The fourth-order valence-corrected chi connectivity index (χ4v) is 8.01. The van der Waals surface area contributed by atoms with E-state index in [1.807, 2.05) is 0 Å². The molecule has 66 heavy (non-hydrogen) atoms. The number of carbonyl (C=O) groups is 3. The zero-order chi connectivity index (χ0) is 48.4. The molecule has 0 aromatic heterocycles. The predicted molar refractivity (Wildman–Crippen MR) is 270 cm³/mol. The first-order valence-corrected chi connectivity index (χ1v) is 28.0. The second-order valence-corrected chi connectivity index (χ2v) is 19.1. The molecular formula is C54H97O11P. The highest BCUT2D eigenvalue weighted by molar-refractivity contribution is 7.47. The highest BCUT2D eigenvalue weighted by Crippen LogP contribution is 2.43. The van der Waals surface area contributed by atoms with Crippen molar-refractivity contribution >= 4 is 25.7 Å². The first kappa shape index (κ1) is 63.4. The second kappa shape index (κ2) is 48.9. The minimum atomic E-state index is -4.74. The minimum Gasteiger partial charge on any atom is -0.462 e. The number of unbranched alkanes of at least 4 members (excludes halogenated alkanes) is 24. The van der Waals surface area contributed by atoms with Crippen molar-refractivity contribution in [3.8, 4) is 0 Å². The van der Waals surface area contributed by atoms with E-state index >= 15 is 0 Å². The largest absolute Gasteiger partial charge is 0.472 e. The molecule has 0 amide bonds. The average molecular weight is 953 g/mol. The number of ether oxygens (including phenoxy) is 3. The number of allylic oxidation sites excluding steroid dienone is 8. The molecule has 0 bridgehead atoms. The standard InChI is InChI=1S/C54H97O11P/c1-4-7-10-13-16-19-21-22-23-24-25-26-27-28-30-33-36-39-42-45-54(58)65-51(47-61-52(56)43-40-37-34-31-18-15-12-9-6-3)49-63-66(59,60)62-48-50(46-55)64-53(57)44-41-38-35-32-29-20-17-14-11-8-5-2/h7,10,16,19,22-23,25-26,50-51,55H,4-6,8-9,11-15,17-18,20-21,24,27-49H2,1-3H3,(H,59,60)/b10-7-,19-16-,23-22-,26-25-. The number of aliphatic hydroxyl groups is 1. The van der Waals surface area contributed by atoms with Crippen LogP contribution in [0, 0.1) is 0 Å². The van der Waals surface area contributed by atoms with Crippen LogP contribution in [-0.2, 0) is 42.2 Å². The Morgan fingerprint density at radius 1 is 0.439 bits per heavy atom. The number of rotatable bonds is 49. The Labute approximate surface area is 403 Å². The Bertz CT molecular complexity index is 1300. The van der Waals surface area contributed by atoms with Gasteiger partial charge in [-0.25, -0.2) is 4.57 Å². The third-order valence-corrected chi connectivity index (χ3v) is 12.2. The summed E-state index contributed by atoms with van der Waals surface area (Å²) in [6.07, 6.45) is 49.4. The van der Waals surface area contributed by atoms with Crippen LogP contribution in [0.1, 0.15) is 239 Å². The maximum atomic E-state index is 12.8.